The van der Waals surface area contributed by atoms with Gasteiger partial charge in [-0.25, -0.2) is 13.1 Å². The Bertz CT molecular complexity index is 1080. The minimum atomic E-state index is -3.68. The summed E-state index contributed by atoms with van der Waals surface area (Å²) in [6, 6.07) is 28.5. The fraction of sp³-hybridized carbons (Fsp3) is 0.208. The fourth-order valence-electron chi connectivity index (χ4n) is 3.53. The average molecular weight is 436 g/mol. The fourth-order valence-corrected chi connectivity index (χ4v) is 4.62. The first kappa shape index (κ1) is 21.1. The molecule has 6 nitrogen and oxygen atoms in total. The van der Waals surface area contributed by atoms with Gasteiger partial charge >= 0.3 is 0 Å². The summed E-state index contributed by atoms with van der Waals surface area (Å²) >= 11 is 0. The van der Waals surface area contributed by atoms with Gasteiger partial charge in [-0.2, -0.15) is 0 Å². The van der Waals surface area contributed by atoms with Gasteiger partial charge in [0, 0.05) is 20.1 Å². The lowest BCUT2D eigenvalue weighted by atomic mass is 10.0. The molecule has 160 valence electrons. The number of ether oxygens (including phenoxy) is 1. The molecular formula is C24H25N3O3S. The lowest BCUT2D eigenvalue weighted by Gasteiger charge is -2.42. The van der Waals surface area contributed by atoms with Gasteiger partial charge in [0.2, 0.25) is 5.96 Å². The van der Waals surface area contributed by atoms with Gasteiger partial charge in [0.25, 0.3) is 10.0 Å². The molecule has 0 unspecified atom stereocenters. The Morgan fingerprint density at radius 2 is 1.39 bits per heavy atom. The van der Waals surface area contributed by atoms with Crippen LogP contribution < -0.4 is 4.72 Å². The first-order chi connectivity index (χ1) is 15.1. The third kappa shape index (κ3) is 4.95. The lowest BCUT2D eigenvalue weighted by molar-refractivity contribution is -0.0578. The van der Waals surface area contributed by atoms with Crippen molar-refractivity contribution < 1.29 is 13.2 Å². The first-order valence-corrected chi connectivity index (χ1v) is 11.6. The number of nitrogens with one attached hydrogen (secondary N) is 1. The molecule has 0 aromatic heterocycles. The monoisotopic (exact) mass is 435 g/mol. The van der Waals surface area contributed by atoms with Crippen molar-refractivity contribution in [1.29, 1.82) is 0 Å². The van der Waals surface area contributed by atoms with Gasteiger partial charge < -0.3 is 9.64 Å². The van der Waals surface area contributed by atoms with Gasteiger partial charge in [0.05, 0.1) is 11.0 Å². The second-order valence-electron chi connectivity index (χ2n) is 7.33. The molecule has 0 radical (unpaired) electrons. The van der Waals surface area contributed by atoms with Crippen LogP contribution in [0.15, 0.2) is 101 Å². The van der Waals surface area contributed by atoms with Crippen LogP contribution in [-0.4, -0.2) is 45.5 Å². The van der Waals surface area contributed by atoms with Crippen LogP contribution in [-0.2, 0) is 14.8 Å². The normalized spacial score (nSPS) is 15.0. The van der Waals surface area contributed by atoms with Crippen LogP contribution in [0.1, 0.15) is 17.2 Å². The smallest absolute Gasteiger partial charge is 0.264 e. The molecule has 7 heteroatoms. The highest BCUT2D eigenvalue weighted by molar-refractivity contribution is 7.90. The Morgan fingerprint density at radius 3 is 1.87 bits per heavy atom. The molecule has 4 rings (SSSR count). The van der Waals surface area contributed by atoms with Crippen molar-refractivity contribution in [3.05, 3.63) is 102 Å². The van der Waals surface area contributed by atoms with Gasteiger partial charge in [0.15, 0.2) is 0 Å². The first-order valence-electron chi connectivity index (χ1n) is 10.1. The predicted octanol–water partition coefficient (Wildman–Crippen LogP) is 3.44. The van der Waals surface area contributed by atoms with Gasteiger partial charge in [-0.3, -0.25) is 4.99 Å². The molecule has 1 fully saturated rings. The van der Waals surface area contributed by atoms with Gasteiger partial charge in [-0.15, -0.1) is 0 Å². The van der Waals surface area contributed by atoms with E-state index in [0.29, 0.717) is 19.0 Å². The highest BCUT2D eigenvalue weighted by Gasteiger charge is 2.34. The van der Waals surface area contributed by atoms with Crippen molar-refractivity contribution in [2.24, 2.45) is 4.99 Å². The van der Waals surface area contributed by atoms with E-state index in [4.69, 9.17) is 4.74 Å². The van der Waals surface area contributed by atoms with Crippen LogP contribution in [0.4, 0.5) is 0 Å². The molecule has 0 aliphatic carbocycles. The summed E-state index contributed by atoms with van der Waals surface area (Å²) in [5.41, 5.74) is 2.17. The average Bonchev–Trinajstić information content (AvgIpc) is 2.79. The SMILES string of the molecule is CN=C(NS(=O)(=O)c1ccccc1)N1CC(OC(c2ccccc2)c2ccccc2)C1. The molecule has 3 aromatic carbocycles. The van der Waals surface area contributed by atoms with E-state index in [1.807, 2.05) is 41.3 Å². The molecule has 3 aromatic rings. The quantitative estimate of drug-likeness (QED) is 0.476. The summed E-state index contributed by atoms with van der Waals surface area (Å²) in [4.78, 5) is 6.23. The predicted molar refractivity (Wildman–Crippen MR) is 121 cm³/mol. The summed E-state index contributed by atoms with van der Waals surface area (Å²) in [5.74, 6) is 0.319. The van der Waals surface area contributed by atoms with E-state index in [1.54, 1.807) is 37.4 Å². The highest BCUT2D eigenvalue weighted by atomic mass is 32.2. The van der Waals surface area contributed by atoms with Crippen molar-refractivity contribution >= 4 is 16.0 Å². The van der Waals surface area contributed by atoms with Gasteiger partial charge in [-0.05, 0) is 23.3 Å². The highest BCUT2D eigenvalue weighted by Crippen LogP contribution is 2.29. The van der Waals surface area contributed by atoms with Crippen molar-refractivity contribution in [3.63, 3.8) is 0 Å². The number of hydrogen-bond acceptors (Lipinski definition) is 4. The molecule has 1 aliphatic rings. The zero-order valence-electron chi connectivity index (χ0n) is 17.3. The Labute approximate surface area is 183 Å². The summed E-state index contributed by atoms with van der Waals surface area (Å²) in [7, 11) is -2.11. The van der Waals surface area contributed by atoms with Crippen molar-refractivity contribution in [2.45, 2.75) is 17.1 Å². The second-order valence-corrected chi connectivity index (χ2v) is 9.01. The molecule has 0 spiro atoms. The summed E-state index contributed by atoms with van der Waals surface area (Å²) < 4.78 is 34.3. The standard InChI is InChI=1S/C24H25N3O3S/c1-25-24(26-31(28,29)22-15-9-4-10-16-22)27-17-21(18-27)30-23(19-11-5-2-6-12-19)20-13-7-3-8-14-20/h2-16,21,23H,17-18H2,1H3,(H,25,26). The number of nitrogens with zero attached hydrogens (tertiary/aromatic N) is 2. The molecule has 0 atom stereocenters. The molecule has 1 saturated heterocycles. The Hall–Kier alpha value is -3.16. The largest absolute Gasteiger partial charge is 0.362 e. The number of hydrogen-bond donors (Lipinski definition) is 1. The van der Waals surface area contributed by atoms with E-state index in [2.05, 4.69) is 34.0 Å². The molecule has 1 N–H and O–H groups in total. The third-order valence-corrected chi connectivity index (χ3v) is 6.52. The summed E-state index contributed by atoms with van der Waals surface area (Å²) in [6.45, 7) is 1.11. The zero-order chi connectivity index (χ0) is 21.7. The van der Waals surface area contributed by atoms with E-state index in [9.17, 15) is 8.42 Å². The Morgan fingerprint density at radius 1 is 0.903 bits per heavy atom. The van der Waals surface area contributed by atoms with Crippen molar-refractivity contribution in [2.75, 3.05) is 20.1 Å². The van der Waals surface area contributed by atoms with Crippen molar-refractivity contribution in [1.82, 2.24) is 9.62 Å². The Balaban J connectivity index is 1.42. The van der Waals surface area contributed by atoms with Gasteiger partial charge in [0.1, 0.15) is 6.10 Å². The van der Waals surface area contributed by atoms with Crippen LogP contribution in [0.5, 0.6) is 0 Å². The van der Waals surface area contributed by atoms with Crippen molar-refractivity contribution in [3.8, 4) is 0 Å². The minimum Gasteiger partial charge on any atom is -0.362 e. The maximum atomic E-state index is 12.6. The number of likely N-dealkylation sites (tertiary alicyclic amines) is 1. The Kier molecular flexibility index (Phi) is 6.34. The van der Waals surface area contributed by atoms with Crippen LogP contribution in [0.2, 0.25) is 0 Å². The molecule has 0 amide bonds. The number of sulfonamides is 1. The summed E-state index contributed by atoms with van der Waals surface area (Å²) in [5, 5.41) is 0. The third-order valence-electron chi connectivity index (χ3n) is 5.17. The molecule has 1 heterocycles. The summed E-state index contributed by atoms with van der Waals surface area (Å²) in [6.07, 6.45) is -0.221. The van der Waals surface area contributed by atoms with Crippen LogP contribution in [0, 0.1) is 0 Å². The van der Waals surface area contributed by atoms with E-state index in [-0.39, 0.29) is 17.1 Å². The number of aliphatic imine (C=N–C) groups is 1. The number of benzene rings is 3. The number of rotatable bonds is 6. The zero-order valence-corrected chi connectivity index (χ0v) is 18.1. The van der Waals surface area contributed by atoms with E-state index in [1.165, 1.54) is 0 Å². The maximum Gasteiger partial charge on any atom is 0.264 e. The van der Waals surface area contributed by atoms with E-state index in [0.717, 1.165) is 11.1 Å². The lowest BCUT2D eigenvalue weighted by Crippen LogP contribution is -2.59. The maximum absolute atomic E-state index is 12.6. The van der Waals surface area contributed by atoms with Gasteiger partial charge in [-0.1, -0.05) is 78.9 Å². The molecule has 31 heavy (non-hydrogen) atoms. The molecule has 0 bridgehead atoms. The topological polar surface area (TPSA) is 71.0 Å². The minimum absolute atomic E-state index is 0.0385. The van der Waals surface area contributed by atoms with E-state index < -0.39 is 10.0 Å². The molecule has 0 saturated carbocycles. The second kappa shape index (κ2) is 9.32. The van der Waals surface area contributed by atoms with E-state index >= 15 is 0 Å². The van der Waals surface area contributed by atoms with Crippen LogP contribution >= 0.6 is 0 Å². The molecular weight excluding hydrogens is 410 g/mol. The van der Waals surface area contributed by atoms with Crippen LogP contribution in [0.3, 0.4) is 0 Å². The number of guanidine groups is 1. The van der Waals surface area contributed by atoms with Crippen LogP contribution in [0.25, 0.3) is 0 Å². The molecule has 1 aliphatic heterocycles.